The van der Waals surface area contributed by atoms with Crippen LogP contribution in [-0.2, 0) is 0 Å². The summed E-state index contributed by atoms with van der Waals surface area (Å²) in [5.74, 6) is 0.737. The fraction of sp³-hybridized carbons (Fsp3) is 1.00. The summed E-state index contributed by atoms with van der Waals surface area (Å²) in [4.78, 5) is 2.70. The Morgan fingerprint density at radius 1 is 1.00 bits per heavy atom. The molecule has 0 amide bonds. The molecule has 0 bridgehead atoms. The maximum Gasteiger partial charge on any atom is 0.0214 e. The molecule has 0 aromatic carbocycles. The molecule has 1 N–H and O–H groups in total. The average Bonchev–Trinajstić information content (AvgIpc) is 2.39. The summed E-state index contributed by atoms with van der Waals surface area (Å²) < 4.78 is 0. The van der Waals surface area contributed by atoms with Crippen molar-refractivity contribution in [2.75, 3.05) is 26.7 Å². The normalized spacial score (nSPS) is 26.7. The molecule has 2 fully saturated rings. The molecule has 0 aromatic rings. The maximum atomic E-state index is 3.48. The number of nitrogens with one attached hydrogen (secondary N) is 1. The SMILES string of the molecule is CNC(CN1CCC2(CCCCC2)CC1)C(C)C. The Morgan fingerprint density at radius 3 is 2.11 bits per heavy atom. The topological polar surface area (TPSA) is 15.3 Å². The van der Waals surface area contributed by atoms with Crippen molar-refractivity contribution in [1.29, 1.82) is 0 Å². The van der Waals surface area contributed by atoms with Crippen molar-refractivity contribution in [2.24, 2.45) is 11.3 Å². The fourth-order valence-corrected chi connectivity index (χ4v) is 3.93. The van der Waals surface area contributed by atoms with Crippen LogP contribution >= 0.6 is 0 Å². The zero-order chi connectivity index (χ0) is 13.0. The minimum atomic E-state index is 0.658. The summed E-state index contributed by atoms with van der Waals surface area (Å²) in [7, 11) is 2.11. The standard InChI is InChI=1S/C16H32N2/c1-14(2)15(17-3)13-18-11-9-16(10-12-18)7-5-4-6-8-16/h14-15,17H,4-13H2,1-3H3. The molecule has 2 heteroatoms. The average molecular weight is 252 g/mol. The van der Waals surface area contributed by atoms with Gasteiger partial charge < -0.3 is 10.2 Å². The molecule has 1 saturated carbocycles. The van der Waals surface area contributed by atoms with E-state index in [1.807, 2.05) is 0 Å². The molecule has 1 atom stereocenters. The van der Waals surface area contributed by atoms with Crippen molar-refractivity contribution in [2.45, 2.75) is 64.8 Å². The van der Waals surface area contributed by atoms with Gasteiger partial charge >= 0.3 is 0 Å². The Hall–Kier alpha value is -0.0800. The molecular weight excluding hydrogens is 220 g/mol. The van der Waals surface area contributed by atoms with E-state index in [0.717, 1.165) is 11.3 Å². The van der Waals surface area contributed by atoms with Gasteiger partial charge in [-0.3, -0.25) is 0 Å². The quantitative estimate of drug-likeness (QED) is 0.826. The number of likely N-dealkylation sites (N-methyl/N-ethyl adjacent to an activating group) is 1. The highest BCUT2D eigenvalue weighted by molar-refractivity contribution is 4.89. The summed E-state index contributed by atoms with van der Waals surface area (Å²) >= 11 is 0. The second-order valence-corrected chi connectivity index (χ2v) is 7.00. The van der Waals surface area contributed by atoms with Crippen LogP contribution in [0.2, 0.25) is 0 Å². The summed E-state index contributed by atoms with van der Waals surface area (Å²) in [5.41, 5.74) is 0.752. The van der Waals surface area contributed by atoms with Crippen LogP contribution in [0.1, 0.15) is 58.8 Å². The molecule has 1 heterocycles. The summed E-state index contributed by atoms with van der Waals surface area (Å²) in [6.45, 7) is 8.57. The van der Waals surface area contributed by atoms with Crippen molar-refractivity contribution in [3.8, 4) is 0 Å². The van der Waals surface area contributed by atoms with E-state index in [4.69, 9.17) is 0 Å². The third kappa shape index (κ3) is 3.48. The Morgan fingerprint density at radius 2 is 1.61 bits per heavy atom. The number of likely N-dealkylation sites (tertiary alicyclic amines) is 1. The third-order valence-corrected chi connectivity index (χ3v) is 5.46. The van der Waals surface area contributed by atoms with E-state index in [1.54, 1.807) is 0 Å². The predicted molar refractivity (Wildman–Crippen MR) is 78.9 cm³/mol. The number of hydrogen-bond acceptors (Lipinski definition) is 2. The van der Waals surface area contributed by atoms with Crippen molar-refractivity contribution >= 4 is 0 Å². The highest BCUT2D eigenvalue weighted by Gasteiger charge is 2.35. The second-order valence-electron chi connectivity index (χ2n) is 7.00. The number of nitrogens with zero attached hydrogens (tertiary/aromatic N) is 1. The molecule has 0 aromatic heterocycles. The molecule has 1 spiro atoms. The van der Waals surface area contributed by atoms with Gasteiger partial charge in [-0.1, -0.05) is 33.1 Å². The molecule has 2 aliphatic rings. The molecule has 2 nitrogen and oxygen atoms in total. The lowest BCUT2D eigenvalue weighted by atomic mass is 9.68. The smallest absolute Gasteiger partial charge is 0.0214 e. The van der Waals surface area contributed by atoms with Gasteiger partial charge in [-0.25, -0.2) is 0 Å². The maximum absolute atomic E-state index is 3.48. The minimum absolute atomic E-state index is 0.658. The zero-order valence-corrected chi connectivity index (χ0v) is 12.7. The van der Waals surface area contributed by atoms with Gasteiger partial charge in [0.25, 0.3) is 0 Å². The third-order valence-electron chi connectivity index (χ3n) is 5.46. The second kappa shape index (κ2) is 6.38. The molecule has 2 rings (SSSR count). The minimum Gasteiger partial charge on any atom is -0.315 e. The van der Waals surface area contributed by atoms with Crippen LogP contribution in [0.5, 0.6) is 0 Å². The first-order valence-corrected chi connectivity index (χ1v) is 8.05. The first kappa shape index (κ1) is 14.3. The van der Waals surface area contributed by atoms with Gasteiger partial charge in [0.15, 0.2) is 0 Å². The van der Waals surface area contributed by atoms with E-state index in [1.165, 1.54) is 64.6 Å². The number of piperidine rings is 1. The molecular formula is C16H32N2. The monoisotopic (exact) mass is 252 g/mol. The lowest BCUT2D eigenvalue weighted by molar-refractivity contribution is 0.0604. The summed E-state index contributed by atoms with van der Waals surface area (Å²) in [6, 6.07) is 0.658. The van der Waals surface area contributed by atoms with E-state index < -0.39 is 0 Å². The van der Waals surface area contributed by atoms with Crippen LogP contribution < -0.4 is 5.32 Å². The van der Waals surface area contributed by atoms with Crippen molar-refractivity contribution in [3.63, 3.8) is 0 Å². The number of hydrogen-bond donors (Lipinski definition) is 1. The van der Waals surface area contributed by atoms with Crippen LogP contribution in [0.15, 0.2) is 0 Å². The Labute approximate surface area is 114 Å². The van der Waals surface area contributed by atoms with Gasteiger partial charge in [-0.15, -0.1) is 0 Å². The predicted octanol–water partition coefficient (Wildman–Crippen LogP) is 3.28. The Balaban J connectivity index is 1.79. The molecule has 106 valence electrons. The van der Waals surface area contributed by atoms with Gasteiger partial charge in [0.1, 0.15) is 0 Å². The molecule has 1 aliphatic heterocycles. The Kier molecular flexibility index (Phi) is 5.08. The summed E-state index contributed by atoms with van der Waals surface area (Å²) in [5, 5.41) is 3.48. The van der Waals surface area contributed by atoms with Crippen LogP contribution in [-0.4, -0.2) is 37.6 Å². The lowest BCUT2D eigenvalue weighted by Gasteiger charge is -2.45. The van der Waals surface area contributed by atoms with Crippen molar-refractivity contribution in [3.05, 3.63) is 0 Å². The largest absolute Gasteiger partial charge is 0.315 e. The highest BCUT2D eigenvalue weighted by atomic mass is 15.2. The van der Waals surface area contributed by atoms with Gasteiger partial charge in [-0.05, 0) is 57.2 Å². The Bertz CT molecular complexity index is 233. The van der Waals surface area contributed by atoms with E-state index in [-0.39, 0.29) is 0 Å². The lowest BCUT2D eigenvalue weighted by Crippen LogP contribution is -2.48. The first-order valence-electron chi connectivity index (χ1n) is 8.05. The highest BCUT2D eigenvalue weighted by Crippen LogP contribution is 2.44. The molecule has 1 saturated heterocycles. The first-order chi connectivity index (χ1) is 8.65. The summed E-state index contributed by atoms with van der Waals surface area (Å²) in [6.07, 6.45) is 10.4. The number of rotatable bonds is 4. The molecule has 1 unspecified atom stereocenters. The molecule has 18 heavy (non-hydrogen) atoms. The van der Waals surface area contributed by atoms with Crippen LogP contribution in [0.4, 0.5) is 0 Å². The van der Waals surface area contributed by atoms with E-state index in [9.17, 15) is 0 Å². The molecule has 1 aliphatic carbocycles. The van der Waals surface area contributed by atoms with E-state index >= 15 is 0 Å². The van der Waals surface area contributed by atoms with Crippen LogP contribution in [0, 0.1) is 11.3 Å². The van der Waals surface area contributed by atoms with Gasteiger partial charge in [-0.2, -0.15) is 0 Å². The van der Waals surface area contributed by atoms with Crippen LogP contribution in [0.3, 0.4) is 0 Å². The fourth-order valence-electron chi connectivity index (χ4n) is 3.93. The molecule has 0 radical (unpaired) electrons. The van der Waals surface area contributed by atoms with Crippen molar-refractivity contribution in [1.82, 2.24) is 10.2 Å². The zero-order valence-electron chi connectivity index (χ0n) is 12.7. The van der Waals surface area contributed by atoms with Crippen molar-refractivity contribution < 1.29 is 0 Å². The van der Waals surface area contributed by atoms with Gasteiger partial charge in [0, 0.05) is 12.6 Å². The van der Waals surface area contributed by atoms with Gasteiger partial charge in [0.2, 0.25) is 0 Å². The van der Waals surface area contributed by atoms with Crippen LogP contribution in [0.25, 0.3) is 0 Å². The van der Waals surface area contributed by atoms with E-state index in [2.05, 4.69) is 31.1 Å². The van der Waals surface area contributed by atoms with E-state index in [0.29, 0.717) is 6.04 Å². The van der Waals surface area contributed by atoms with Gasteiger partial charge in [0.05, 0.1) is 0 Å².